The van der Waals surface area contributed by atoms with Gasteiger partial charge in [-0.1, -0.05) is 31.9 Å². The van der Waals surface area contributed by atoms with Crippen molar-refractivity contribution in [2.24, 2.45) is 0 Å². The van der Waals surface area contributed by atoms with E-state index in [9.17, 15) is 4.79 Å². The van der Waals surface area contributed by atoms with E-state index in [0.717, 1.165) is 49.2 Å². The second-order valence-electron chi connectivity index (χ2n) is 10.3. The van der Waals surface area contributed by atoms with Crippen LogP contribution in [0.4, 0.5) is 0 Å². The van der Waals surface area contributed by atoms with Crippen molar-refractivity contribution in [1.29, 1.82) is 0 Å². The monoisotopic (exact) mass is 492 g/mol. The molecule has 0 bridgehead atoms. The van der Waals surface area contributed by atoms with Crippen LogP contribution in [-0.4, -0.2) is 50.8 Å². The fourth-order valence-corrected chi connectivity index (χ4v) is 5.65. The van der Waals surface area contributed by atoms with Gasteiger partial charge in [0.2, 0.25) is 0 Å². The van der Waals surface area contributed by atoms with E-state index in [0.29, 0.717) is 54.5 Å². The summed E-state index contributed by atoms with van der Waals surface area (Å²) in [5.74, 6) is 2.17. The Balaban J connectivity index is 1.35. The van der Waals surface area contributed by atoms with Crippen LogP contribution in [0.5, 0.6) is 17.2 Å². The molecule has 2 saturated heterocycles. The number of benzene rings is 2. The van der Waals surface area contributed by atoms with Gasteiger partial charge in [0.15, 0.2) is 5.78 Å². The number of ketones is 1. The average Bonchev–Trinajstić information content (AvgIpc) is 3.21. The summed E-state index contributed by atoms with van der Waals surface area (Å²) >= 11 is 0. The minimum absolute atomic E-state index is 0.0140. The Labute approximate surface area is 215 Å². The van der Waals surface area contributed by atoms with Crippen molar-refractivity contribution in [2.45, 2.75) is 76.8 Å². The third-order valence-electron chi connectivity index (χ3n) is 7.59. The Hall–Kier alpha value is -2.57. The van der Waals surface area contributed by atoms with Gasteiger partial charge in [-0.15, -0.1) is 0 Å². The summed E-state index contributed by atoms with van der Waals surface area (Å²) in [5.41, 5.74) is 3.03. The molecule has 0 amide bonds. The molecule has 36 heavy (non-hydrogen) atoms. The zero-order valence-corrected chi connectivity index (χ0v) is 21.6. The van der Waals surface area contributed by atoms with Gasteiger partial charge in [0.25, 0.3) is 0 Å². The highest BCUT2D eigenvalue weighted by atomic mass is 16.5. The largest absolute Gasteiger partial charge is 0.493 e. The summed E-state index contributed by atoms with van der Waals surface area (Å²) < 4.78 is 18.6. The van der Waals surface area contributed by atoms with Crippen LogP contribution in [0.2, 0.25) is 0 Å². The highest BCUT2D eigenvalue weighted by Crippen LogP contribution is 2.49. The maximum Gasteiger partial charge on any atom is 0.194 e. The molecule has 2 unspecified atom stereocenters. The molecule has 2 fully saturated rings. The number of nitrogens with one attached hydrogen (secondary N) is 2. The van der Waals surface area contributed by atoms with Gasteiger partial charge in [-0.05, 0) is 70.2 Å². The summed E-state index contributed by atoms with van der Waals surface area (Å²) in [6.45, 7) is 6.10. The van der Waals surface area contributed by atoms with Crippen LogP contribution >= 0.6 is 0 Å². The van der Waals surface area contributed by atoms with Crippen LogP contribution in [0.3, 0.4) is 0 Å². The first-order chi connectivity index (χ1) is 17.7. The van der Waals surface area contributed by atoms with Crippen molar-refractivity contribution in [1.82, 2.24) is 10.6 Å². The molecule has 0 aromatic heterocycles. The van der Waals surface area contributed by atoms with Crippen LogP contribution in [0.15, 0.2) is 30.3 Å². The topological polar surface area (TPSA) is 68.8 Å². The molecule has 0 saturated carbocycles. The van der Waals surface area contributed by atoms with Gasteiger partial charge >= 0.3 is 0 Å². The lowest BCUT2D eigenvalue weighted by Crippen LogP contribution is -2.35. The zero-order valence-electron chi connectivity index (χ0n) is 21.6. The molecule has 2 N–H and O–H groups in total. The van der Waals surface area contributed by atoms with Crippen LogP contribution in [-0.2, 0) is 0 Å². The van der Waals surface area contributed by atoms with Crippen LogP contribution in [0.25, 0.3) is 11.1 Å². The summed E-state index contributed by atoms with van der Waals surface area (Å²) in [7, 11) is 0. The number of carbonyl (C=O) groups is 1. The number of fused-ring (bicyclic) bond motifs is 3. The van der Waals surface area contributed by atoms with Gasteiger partial charge in [-0.3, -0.25) is 4.79 Å². The number of rotatable bonds is 11. The second-order valence-corrected chi connectivity index (χ2v) is 10.3. The number of hydrogen-bond acceptors (Lipinski definition) is 6. The molecule has 2 atom stereocenters. The summed E-state index contributed by atoms with van der Waals surface area (Å²) in [4.78, 5) is 13.5. The van der Waals surface area contributed by atoms with Crippen molar-refractivity contribution >= 4 is 5.78 Å². The van der Waals surface area contributed by atoms with E-state index in [2.05, 4.69) is 17.6 Å². The van der Waals surface area contributed by atoms with E-state index >= 15 is 0 Å². The lowest BCUT2D eigenvalue weighted by atomic mass is 10.0. The maximum absolute atomic E-state index is 13.5. The first-order valence-corrected chi connectivity index (χ1v) is 14.0. The SMILES string of the molecule is CCCOc1cc(OCCC2CCCCN2)cc2c1-c1c(OCCC3CCCCN3)cccc1C2=O. The smallest absolute Gasteiger partial charge is 0.194 e. The average molecular weight is 493 g/mol. The lowest BCUT2D eigenvalue weighted by molar-refractivity contribution is 0.104. The maximum atomic E-state index is 13.5. The Morgan fingerprint density at radius 1 is 0.778 bits per heavy atom. The molecule has 6 heteroatoms. The van der Waals surface area contributed by atoms with Crippen LogP contribution in [0, 0.1) is 0 Å². The molecular weight excluding hydrogens is 452 g/mol. The van der Waals surface area contributed by atoms with Crippen molar-refractivity contribution in [3.8, 4) is 28.4 Å². The molecule has 3 aliphatic rings. The fraction of sp³-hybridized carbons (Fsp3) is 0.567. The van der Waals surface area contributed by atoms with Gasteiger partial charge in [0, 0.05) is 40.4 Å². The Morgan fingerprint density at radius 3 is 2.11 bits per heavy atom. The normalized spacial score (nSPS) is 21.1. The van der Waals surface area contributed by atoms with Gasteiger partial charge in [-0.25, -0.2) is 0 Å². The van der Waals surface area contributed by atoms with Crippen molar-refractivity contribution < 1.29 is 19.0 Å². The third kappa shape index (κ3) is 5.70. The second kappa shape index (κ2) is 12.1. The van der Waals surface area contributed by atoms with E-state index in [1.54, 1.807) is 0 Å². The minimum atomic E-state index is 0.0140. The summed E-state index contributed by atoms with van der Waals surface area (Å²) in [6.07, 6.45) is 10.3. The predicted octanol–water partition coefficient (Wildman–Crippen LogP) is 5.51. The summed E-state index contributed by atoms with van der Waals surface area (Å²) in [6, 6.07) is 10.6. The lowest BCUT2D eigenvalue weighted by Gasteiger charge is -2.24. The number of carbonyl (C=O) groups excluding carboxylic acids is 1. The third-order valence-corrected chi connectivity index (χ3v) is 7.59. The molecule has 6 nitrogen and oxygen atoms in total. The molecule has 194 valence electrons. The van der Waals surface area contributed by atoms with Gasteiger partial charge in [0.1, 0.15) is 17.2 Å². The van der Waals surface area contributed by atoms with E-state index in [1.165, 1.54) is 38.5 Å². The van der Waals surface area contributed by atoms with Crippen LogP contribution < -0.4 is 24.8 Å². The summed E-state index contributed by atoms with van der Waals surface area (Å²) in [5, 5.41) is 7.16. The molecule has 2 aromatic carbocycles. The van der Waals surface area contributed by atoms with Crippen molar-refractivity contribution in [2.75, 3.05) is 32.9 Å². The van der Waals surface area contributed by atoms with E-state index < -0.39 is 0 Å². The number of piperidine rings is 2. The Morgan fingerprint density at radius 2 is 1.44 bits per heavy atom. The predicted molar refractivity (Wildman–Crippen MR) is 143 cm³/mol. The quantitative estimate of drug-likeness (QED) is 0.368. The van der Waals surface area contributed by atoms with E-state index in [-0.39, 0.29) is 5.78 Å². The molecular formula is C30H40N2O4. The van der Waals surface area contributed by atoms with E-state index in [1.807, 2.05) is 30.3 Å². The Bertz CT molecular complexity index is 1040. The molecule has 2 heterocycles. The number of hydrogen-bond donors (Lipinski definition) is 2. The molecule has 5 rings (SSSR count). The highest BCUT2D eigenvalue weighted by molar-refractivity contribution is 6.23. The Kier molecular flexibility index (Phi) is 8.44. The molecule has 2 aliphatic heterocycles. The van der Waals surface area contributed by atoms with Gasteiger partial charge in [-0.2, -0.15) is 0 Å². The fourth-order valence-electron chi connectivity index (χ4n) is 5.65. The van der Waals surface area contributed by atoms with Gasteiger partial charge in [0.05, 0.1) is 19.8 Å². The molecule has 1 aliphatic carbocycles. The first-order valence-electron chi connectivity index (χ1n) is 14.0. The van der Waals surface area contributed by atoms with Crippen molar-refractivity contribution in [3.63, 3.8) is 0 Å². The zero-order chi connectivity index (χ0) is 24.7. The molecule has 0 radical (unpaired) electrons. The standard InChI is InChI=1S/C30H40N2O4/c1-2-16-35-27-20-23(34-17-12-21-8-3-5-14-31-21)19-25-29(27)28-24(30(25)33)10-7-11-26(28)36-18-13-22-9-4-6-15-32-22/h7,10-11,19-22,31-32H,2-6,8-9,12-18H2,1H3. The van der Waals surface area contributed by atoms with Crippen molar-refractivity contribution in [3.05, 3.63) is 41.5 Å². The van der Waals surface area contributed by atoms with Gasteiger partial charge < -0.3 is 24.8 Å². The number of ether oxygens (including phenoxy) is 3. The van der Waals surface area contributed by atoms with Crippen LogP contribution in [0.1, 0.15) is 80.6 Å². The highest BCUT2D eigenvalue weighted by Gasteiger charge is 2.33. The van der Waals surface area contributed by atoms with E-state index in [4.69, 9.17) is 14.2 Å². The molecule has 2 aromatic rings. The molecule has 0 spiro atoms. The minimum Gasteiger partial charge on any atom is -0.493 e. The first kappa shape index (κ1) is 25.1.